The SMILES string of the molecule is COc1ccccc1C1C=CC=C1. The summed E-state index contributed by atoms with van der Waals surface area (Å²) in [5.41, 5.74) is 1.23. The van der Waals surface area contributed by atoms with Gasteiger partial charge >= 0.3 is 0 Å². The molecule has 1 aliphatic rings. The van der Waals surface area contributed by atoms with Crippen molar-refractivity contribution in [3.63, 3.8) is 0 Å². The Labute approximate surface area is 78.3 Å². The smallest absolute Gasteiger partial charge is 0.122 e. The van der Waals surface area contributed by atoms with E-state index >= 15 is 0 Å². The number of ether oxygens (including phenoxy) is 1. The zero-order valence-corrected chi connectivity index (χ0v) is 7.60. The summed E-state index contributed by atoms with van der Waals surface area (Å²) in [4.78, 5) is 0. The number of hydrogen-bond donors (Lipinski definition) is 0. The summed E-state index contributed by atoms with van der Waals surface area (Å²) < 4.78 is 5.29. The molecule has 0 saturated carbocycles. The van der Waals surface area contributed by atoms with Crippen molar-refractivity contribution in [1.82, 2.24) is 0 Å². The highest BCUT2D eigenvalue weighted by molar-refractivity contribution is 5.43. The van der Waals surface area contributed by atoms with Crippen molar-refractivity contribution in [2.75, 3.05) is 7.11 Å². The van der Waals surface area contributed by atoms with Crippen LogP contribution in [0, 0.1) is 0 Å². The molecule has 1 aliphatic carbocycles. The van der Waals surface area contributed by atoms with Crippen molar-refractivity contribution in [2.24, 2.45) is 0 Å². The van der Waals surface area contributed by atoms with E-state index in [-0.39, 0.29) is 0 Å². The fourth-order valence-corrected chi connectivity index (χ4v) is 1.58. The molecule has 0 radical (unpaired) electrons. The van der Waals surface area contributed by atoms with Gasteiger partial charge < -0.3 is 4.74 Å². The molecule has 0 aromatic heterocycles. The standard InChI is InChI=1S/C12H12O/c1-13-12-9-5-4-8-11(12)10-6-2-3-7-10/h2-10H,1H3. The van der Waals surface area contributed by atoms with Crippen molar-refractivity contribution in [3.05, 3.63) is 54.1 Å². The van der Waals surface area contributed by atoms with Crippen LogP contribution in [-0.2, 0) is 0 Å². The van der Waals surface area contributed by atoms with E-state index in [4.69, 9.17) is 4.74 Å². The molecule has 0 saturated heterocycles. The molecule has 0 N–H and O–H groups in total. The molecule has 0 aliphatic heterocycles. The quantitative estimate of drug-likeness (QED) is 0.666. The van der Waals surface area contributed by atoms with E-state index in [0.717, 1.165) is 5.75 Å². The number of benzene rings is 1. The number of methoxy groups -OCH3 is 1. The lowest BCUT2D eigenvalue weighted by atomic mass is 10.00. The van der Waals surface area contributed by atoms with Crippen LogP contribution >= 0.6 is 0 Å². The molecule has 1 aromatic rings. The number of hydrogen-bond acceptors (Lipinski definition) is 1. The van der Waals surface area contributed by atoms with Crippen molar-refractivity contribution in [2.45, 2.75) is 5.92 Å². The van der Waals surface area contributed by atoms with Crippen molar-refractivity contribution >= 4 is 0 Å². The molecule has 0 atom stereocenters. The summed E-state index contributed by atoms with van der Waals surface area (Å²) in [5, 5.41) is 0. The highest BCUT2D eigenvalue weighted by Gasteiger charge is 2.11. The maximum absolute atomic E-state index is 5.29. The second-order valence-electron chi connectivity index (χ2n) is 3.04. The second-order valence-corrected chi connectivity index (χ2v) is 3.04. The largest absolute Gasteiger partial charge is 0.496 e. The Hall–Kier alpha value is -1.50. The van der Waals surface area contributed by atoms with E-state index in [1.807, 2.05) is 18.2 Å². The molecule has 0 amide bonds. The zero-order valence-electron chi connectivity index (χ0n) is 7.60. The van der Waals surface area contributed by atoms with Gasteiger partial charge in [0.05, 0.1) is 7.11 Å². The van der Waals surface area contributed by atoms with Crippen LogP contribution in [0.5, 0.6) is 5.75 Å². The van der Waals surface area contributed by atoms with Gasteiger partial charge in [0.1, 0.15) is 5.75 Å². The maximum Gasteiger partial charge on any atom is 0.122 e. The summed E-state index contributed by atoms with van der Waals surface area (Å²) in [6.07, 6.45) is 8.46. The first-order valence-electron chi connectivity index (χ1n) is 4.40. The highest BCUT2D eigenvalue weighted by atomic mass is 16.5. The Morgan fingerprint density at radius 1 is 1.08 bits per heavy atom. The average Bonchev–Trinajstić information content (AvgIpc) is 2.70. The minimum absolute atomic E-state index is 0.385. The molecule has 0 bridgehead atoms. The molecular formula is C12H12O. The Morgan fingerprint density at radius 3 is 2.46 bits per heavy atom. The summed E-state index contributed by atoms with van der Waals surface area (Å²) >= 11 is 0. The van der Waals surface area contributed by atoms with Crippen LogP contribution in [0.1, 0.15) is 11.5 Å². The molecule has 66 valence electrons. The van der Waals surface area contributed by atoms with Gasteiger partial charge in [0.15, 0.2) is 0 Å². The third-order valence-corrected chi connectivity index (χ3v) is 2.25. The van der Waals surface area contributed by atoms with Gasteiger partial charge in [0.25, 0.3) is 0 Å². The molecule has 0 spiro atoms. The summed E-state index contributed by atoms with van der Waals surface area (Å²) in [7, 11) is 1.71. The van der Waals surface area contributed by atoms with Gasteiger partial charge in [-0.3, -0.25) is 0 Å². The lowest BCUT2D eigenvalue weighted by molar-refractivity contribution is 0.409. The summed E-state index contributed by atoms with van der Waals surface area (Å²) in [5.74, 6) is 1.35. The second kappa shape index (κ2) is 3.48. The van der Waals surface area contributed by atoms with Gasteiger partial charge in [0.2, 0.25) is 0 Å². The number of rotatable bonds is 2. The molecule has 2 rings (SSSR count). The number of allylic oxidation sites excluding steroid dienone is 4. The van der Waals surface area contributed by atoms with E-state index in [0.29, 0.717) is 5.92 Å². The van der Waals surface area contributed by atoms with Gasteiger partial charge in [-0.2, -0.15) is 0 Å². The predicted molar refractivity (Wildman–Crippen MR) is 54.0 cm³/mol. The predicted octanol–water partition coefficient (Wildman–Crippen LogP) is 2.90. The molecular weight excluding hydrogens is 160 g/mol. The van der Waals surface area contributed by atoms with Gasteiger partial charge in [-0.15, -0.1) is 0 Å². The minimum Gasteiger partial charge on any atom is -0.496 e. The van der Waals surface area contributed by atoms with E-state index in [1.54, 1.807) is 7.11 Å². The lowest BCUT2D eigenvalue weighted by Gasteiger charge is -2.10. The Balaban J connectivity index is 2.38. The summed E-state index contributed by atoms with van der Waals surface area (Å²) in [6.45, 7) is 0. The first kappa shape index (κ1) is 8.11. The highest BCUT2D eigenvalue weighted by Crippen LogP contribution is 2.30. The molecule has 13 heavy (non-hydrogen) atoms. The van der Waals surface area contributed by atoms with Crippen LogP contribution in [-0.4, -0.2) is 7.11 Å². The molecule has 0 fully saturated rings. The molecule has 0 heterocycles. The van der Waals surface area contributed by atoms with E-state index in [9.17, 15) is 0 Å². The Morgan fingerprint density at radius 2 is 1.77 bits per heavy atom. The molecule has 1 nitrogen and oxygen atoms in total. The van der Waals surface area contributed by atoms with Crippen LogP contribution in [0.3, 0.4) is 0 Å². The van der Waals surface area contributed by atoms with E-state index < -0.39 is 0 Å². The van der Waals surface area contributed by atoms with Crippen LogP contribution in [0.2, 0.25) is 0 Å². The Kier molecular flexibility index (Phi) is 2.17. The topological polar surface area (TPSA) is 9.23 Å². The molecule has 1 aromatic carbocycles. The van der Waals surface area contributed by atoms with Crippen LogP contribution in [0.4, 0.5) is 0 Å². The van der Waals surface area contributed by atoms with Gasteiger partial charge in [-0.25, -0.2) is 0 Å². The van der Waals surface area contributed by atoms with Gasteiger partial charge in [0, 0.05) is 11.5 Å². The third-order valence-electron chi connectivity index (χ3n) is 2.25. The Bertz CT molecular complexity index is 338. The average molecular weight is 172 g/mol. The first-order chi connectivity index (χ1) is 6.42. The number of para-hydroxylation sites is 1. The fourth-order valence-electron chi connectivity index (χ4n) is 1.58. The molecule has 0 unspecified atom stereocenters. The zero-order chi connectivity index (χ0) is 9.10. The maximum atomic E-state index is 5.29. The van der Waals surface area contributed by atoms with Crippen LogP contribution in [0.15, 0.2) is 48.6 Å². The van der Waals surface area contributed by atoms with Crippen molar-refractivity contribution in [3.8, 4) is 5.75 Å². The van der Waals surface area contributed by atoms with Gasteiger partial charge in [-0.05, 0) is 6.07 Å². The lowest BCUT2D eigenvalue weighted by Crippen LogP contribution is -1.94. The van der Waals surface area contributed by atoms with Gasteiger partial charge in [-0.1, -0.05) is 42.5 Å². The van der Waals surface area contributed by atoms with E-state index in [1.165, 1.54) is 5.56 Å². The van der Waals surface area contributed by atoms with Crippen molar-refractivity contribution in [1.29, 1.82) is 0 Å². The molecule has 1 heteroatoms. The monoisotopic (exact) mass is 172 g/mol. The summed E-state index contributed by atoms with van der Waals surface area (Å²) in [6, 6.07) is 8.13. The fraction of sp³-hybridized carbons (Fsp3) is 0.167. The first-order valence-corrected chi connectivity index (χ1v) is 4.40. The normalized spacial score (nSPS) is 15.2. The van der Waals surface area contributed by atoms with Crippen molar-refractivity contribution < 1.29 is 4.74 Å². The van der Waals surface area contributed by atoms with E-state index in [2.05, 4.69) is 30.4 Å². The van der Waals surface area contributed by atoms with Crippen LogP contribution in [0.25, 0.3) is 0 Å². The minimum atomic E-state index is 0.385. The third kappa shape index (κ3) is 1.50. The van der Waals surface area contributed by atoms with Crippen LogP contribution < -0.4 is 4.74 Å².